The van der Waals surface area contributed by atoms with E-state index in [4.69, 9.17) is 11.6 Å². The summed E-state index contributed by atoms with van der Waals surface area (Å²) in [6, 6.07) is 7.00. The molecule has 0 heterocycles. The van der Waals surface area contributed by atoms with Gasteiger partial charge >= 0.3 is 6.03 Å². The van der Waals surface area contributed by atoms with Crippen LogP contribution in [-0.2, 0) is 6.54 Å². The van der Waals surface area contributed by atoms with Gasteiger partial charge in [0.05, 0.1) is 5.60 Å². The Kier molecular flexibility index (Phi) is 5.63. The molecule has 19 heavy (non-hydrogen) atoms. The van der Waals surface area contributed by atoms with Gasteiger partial charge in [-0.15, -0.1) is 0 Å². The number of carbonyl (C=O) groups is 1. The first-order chi connectivity index (χ1) is 8.81. The normalized spacial score (nSPS) is 14.0. The number of halogens is 1. The maximum atomic E-state index is 11.6. The molecule has 0 aromatic heterocycles. The lowest BCUT2D eigenvalue weighted by Crippen LogP contribution is -2.47. The second-order valence-electron chi connectivity index (χ2n) is 5.18. The lowest BCUT2D eigenvalue weighted by Gasteiger charge is -2.27. The highest BCUT2D eigenvalue weighted by Gasteiger charge is 2.25. The Morgan fingerprint density at radius 2 is 2.11 bits per heavy atom. The van der Waals surface area contributed by atoms with Gasteiger partial charge in [0.15, 0.2) is 0 Å². The van der Waals surface area contributed by atoms with Crippen molar-refractivity contribution in [2.24, 2.45) is 5.92 Å². The largest absolute Gasteiger partial charge is 0.388 e. The number of nitrogens with one attached hydrogen (secondary N) is 2. The third-order valence-corrected chi connectivity index (χ3v) is 3.43. The molecule has 0 aliphatic rings. The number of carbonyl (C=O) groups excluding carboxylic acids is 1. The van der Waals surface area contributed by atoms with E-state index in [2.05, 4.69) is 10.6 Å². The monoisotopic (exact) mass is 284 g/mol. The molecule has 1 rings (SSSR count). The van der Waals surface area contributed by atoms with Gasteiger partial charge in [0.25, 0.3) is 0 Å². The molecule has 1 aromatic carbocycles. The maximum Gasteiger partial charge on any atom is 0.315 e. The van der Waals surface area contributed by atoms with Gasteiger partial charge in [0.2, 0.25) is 0 Å². The highest BCUT2D eigenvalue weighted by atomic mass is 35.5. The number of rotatable bonds is 5. The van der Waals surface area contributed by atoms with E-state index >= 15 is 0 Å². The number of urea groups is 1. The molecular weight excluding hydrogens is 264 g/mol. The molecule has 1 unspecified atom stereocenters. The van der Waals surface area contributed by atoms with Crippen LogP contribution in [0.3, 0.4) is 0 Å². The van der Waals surface area contributed by atoms with Crippen LogP contribution in [0.2, 0.25) is 5.02 Å². The van der Waals surface area contributed by atoms with Gasteiger partial charge in [-0.05, 0) is 30.5 Å². The average molecular weight is 285 g/mol. The van der Waals surface area contributed by atoms with E-state index in [0.717, 1.165) is 5.56 Å². The van der Waals surface area contributed by atoms with Gasteiger partial charge in [0, 0.05) is 18.1 Å². The van der Waals surface area contributed by atoms with E-state index in [1.807, 2.05) is 26.0 Å². The van der Waals surface area contributed by atoms with Gasteiger partial charge < -0.3 is 15.7 Å². The Labute approximate surface area is 119 Å². The molecule has 4 nitrogen and oxygen atoms in total. The predicted octanol–water partition coefficient (Wildman–Crippen LogP) is 2.55. The van der Waals surface area contributed by atoms with Crippen molar-refractivity contribution < 1.29 is 9.90 Å². The molecule has 5 heteroatoms. The Hall–Kier alpha value is -1.26. The smallest absolute Gasteiger partial charge is 0.315 e. The summed E-state index contributed by atoms with van der Waals surface area (Å²) in [7, 11) is 0. The van der Waals surface area contributed by atoms with Crippen LogP contribution in [0.5, 0.6) is 0 Å². The summed E-state index contributed by atoms with van der Waals surface area (Å²) in [5.41, 5.74) is 0.0196. The van der Waals surface area contributed by atoms with E-state index in [1.165, 1.54) is 0 Å². The number of benzene rings is 1. The molecule has 106 valence electrons. The summed E-state index contributed by atoms with van der Waals surface area (Å²) < 4.78 is 0. The fraction of sp³-hybridized carbons (Fsp3) is 0.500. The number of hydrogen-bond donors (Lipinski definition) is 3. The highest BCUT2D eigenvalue weighted by Crippen LogP contribution is 2.14. The van der Waals surface area contributed by atoms with Crippen LogP contribution in [-0.4, -0.2) is 23.3 Å². The van der Waals surface area contributed by atoms with Crippen LogP contribution in [0.15, 0.2) is 24.3 Å². The lowest BCUT2D eigenvalue weighted by molar-refractivity contribution is 0.0166. The summed E-state index contributed by atoms with van der Waals surface area (Å²) in [6.45, 7) is 6.13. The van der Waals surface area contributed by atoms with Gasteiger partial charge in [0.1, 0.15) is 0 Å². The van der Waals surface area contributed by atoms with Crippen LogP contribution in [0.4, 0.5) is 4.79 Å². The van der Waals surface area contributed by atoms with Gasteiger partial charge in [-0.2, -0.15) is 0 Å². The fourth-order valence-electron chi connectivity index (χ4n) is 1.36. The molecule has 0 fully saturated rings. The summed E-state index contributed by atoms with van der Waals surface area (Å²) in [6.07, 6.45) is 0. The first-order valence-corrected chi connectivity index (χ1v) is 6.67. The second kappa shape index (κ2) is 6.78. The molecule has 2 amide bonds. The van der Waals surface area contributed by atoms with Crippen molar-refractivity contribution in [3.63, 3.8) is 0 Å². The second-order valence-corrected chi connectivity index (χ2v) is 5.61. The summed E-state index contributed by atoms with van der Waals surface area (Å²) in [5.74, 6) is 0.0701. The lowest BCUT2D eigenvalue weighted by atomic mass is 9.93. The van der Waals surface area contributed by atoms with Crippen LogP contribution < -0.4 is 10.6 Å². The summed E-state index contributed by atoms with van der Waals surface area (Å²) >= 11 is 5.85. The Morgan fingerprint density at radius 3 is 2.68 bits per heavy atom. The van der Waals surface area contributed by atoms with Crippen LogP contribution in [0.1, 0.15) is 26.3 Å². The molecule has 1 aromatic rings. The summed E-state index contributed by atoms with van der Waals surface area (Å²) in [5, 5.41) is 16.0. The molecule has 0 aliphatic heterocycles. The van der Waals surface area contributed by atoms with Crippen molar-refractivity contribution in [3.8, 4) is 0 Å². The zero-order valence-corrected chi connectivity index (χ0v) is 12.3. The fourth-order valence-corrected chi connectivity index (χ4v) is 1.57. The minimum Gasteiger partial charge on any atom is -0.388 e. The Bertz CT molecular complexity index is 433. The van der Waals surface area contributed by atoms with Gasteiger partial charge in [-0.1, -0.05) is 37.6 Å². The first kappa shape index (κ1) is 15.8. The van der Waals surface area contributed by atoms with E-state index in [1.54, 1.807) is 19.1 Å². The summed E-state index contributed by atoms with van der Waals surface area (Å²) in [4.78, 5) is 11.6. The van der Waals surface area contributed by atoms with Crippen molar-refractivity contribution in [2.45, 2.75) is 32.9 Å². The minimum atomic E-state index is -0.909. The molecule has 0 aliphatic carbocycles. The van der Waals surface area contributed by atoms with E-state index in [-0.39, 0.29) is 18.5 Å². The molecule has 0 saturated carbocycles. The van der Waals surface area contributed by atoms with Crippen molar-refractivity contribution in [1.82, 2.24) is 10.6 Å². The number of aliphatic hydroxyl groups is 1. The third kappa shape index (κ3) is 5.49. The van der Waals surface area contributed by atoms with Crippen molar-refractivity contribution >= 4 is 17.6 Å². The van der Waals surface area contributed by atoms with Crippen LogP contribution >= 0.6 is 11.6 Å². The number of amides is 2. The molecule has 3 N–H and O–H groups in total. The first-order valence-electron chi connectivity index (χ1n) is 6.30. The molecule has 0 radical (unpaired) electrons. The molecule has 0 spiro atoms. The third-order valence-electron chi connectivity index (χ3n) is 3.19. The molecular formula is C14H21ClN2O2. The Balaban J connectivity index is 2.36. The molecule has 1 atom stereocenters. The zero-order chi connectivity index (χ0) is 14.5. The molecule has 0 saturated heterocycles. The SMILES string of the molecule is CC(C)C(C)(O)CNC(=O)NCc1cccc(Cl)c1. The van der Waals surface area contributed by atoms with Crippen molar-refractivity contribution in [1.29, 1.82) is 0 Å². The van der Waals surface area contributed by atoms with Crippen molar-refractivity contribution in [3.05, 3.63) is 34.9 Å². The van der Waals surface area contributed by atoms with E-state index in [0.29, 0.717) is 11.6 Å². The van der Waals surface area contributed by atoms with Crippen molar-refractivity contribution in [2.75, 3.05) is 6.54 Å². The highest BCUT2D eigenvalue weighted by molar-refractivity contribution is 6.30. The van der Waals surface area contributed by atoms with Crippen LogP contribution in [0.25, 0.3) is 0 Å². The van der Waals surface area contributed by atoms with Gasteiger partial charge in [-0.25, -0.2) is 4.79 Å². The zero-order valence-electron chi connectivity index (χ0n) is 11.5. The average Bonchev–Trinajstić information content (AvgIpc) is 2.34. The minimum absolute atomic E-state index is 0.0701. The topological polar surface area (TPSA) is 61.4 Å². The van der Waals surface area contributed by atoms with Crippen LogP contribution in [0, 0.1) is 5.92 Å². The van der Waals surface area contributed by atoms with E-state index < -0.39 is 5.60 Å². The quantitative estimate of drug-likeness (QED) is 0.778. The standard InChI is InChI=1S/C14H21ClN2O2/c1-10(2)14(3,19)9-17-13(18)16-8-11-5-4-6-12(15)7-11/h4-7,10,19H,8-9H2,1-3H3,(H2,16,17,18). The number of hydrogen-bond acceptors (Lipinski definition) is 2. The Morgan fingerprint density at radius 1 is 1.42 bits per heavy atom. The van der Waals surface area contributed by atoms with E-state index in [9.17, 15) is 9.90 Å². The van der Waals surface area contributed by atoms with Gasteiger partial charge in [-0.3, -0.25) is 0 Å². The predicted molar refractivity (Wildman–Crippen MR) is 77.2 cm³/mol. The molecule has 0 bridgehead atoms. The maximum absolute atomic E-state index is 11.6.